The number of amides is 1. The van der Waals surface area contributed by atoms with Crippen LogP contribution in [-0.2, 0) is 0 Å². The van der Waals surface area contributed by atoms with Crippen LogP contribution < -0.4 is 19.9 Å². The van der Waals surface area contributed by atoms with Crippen LogP contribution in [0.3, 0.4) is 0 Å². The van der Waals surface area contributed by atoms with Crippen molar-refractivity contribution in [3.05, 3.63) is 42.2 Å². The maximum absolute atomic E-state index is 12.2. The number of carbonyl (C=O) groups excluding carboxylic acids is 1. The summed E-state index contributed by atoms with van der Waals surface area (Å²) in [6.07, 6.45) is 4.13. The van der Waals surface area contributed by atoms with E-state index in [9.17, 15) is 4.79 Å². The summed E-state index contributed by atoms with van der Waals surface area (Å²) < 4.78 is 5.22. The third-order valence-corrected chi connectivity index (χ3v) is 4.97. The van der Waals surface area contributed by atoms with Crippen molar-refractivity contribution >= 4 is 17.5 Å². The largest absolute Gasteiger partial charge is 0.497 e. The van der Waals surface area contributed by atoms with Crippen molar-refractivity contribution in [1.82, 2.24) is 20.2 Å². The van der Waals surface area contributed by atoms with Gasteiger partial charge in [0.2, 0.25) is 5.95 Å². The molecule has 8 heteroatoms. The molecule has 0 aliphatic carbocycles. The van der Waals surface area contributed by atoms with E-state index in [0.717, 1.165) is 44.9 Å². The van der Waals surface area contributed by atoms with E-state index in [-0.39, 0.29) is 5.91 Å². The normalized spacial score (nSPS) is 14.2. The van der Waals surface area contributed by atoms with E-state index < -0.39 is 0 Å². The first-order valence-corrected chi connectivity index (χ1v) is 9.96. The van der Waals surface area contributed by atoms with E-state index in [0.29, 0.717) is 18.1 Å². The van der Waals surface area contributed by atoms with Gasteiger partial charge in [0.05, 0.1) is 12.7 Å². The van der Waals surface area contributed by atoms with E-state index >= 15 is 0 Å². The topological polar surface area (TPSA) is 73.8 Å². The Morgan fingerprint density at radius 1 is 1.07 bits per heavy atom. The molecular weight excluding hydrogens is 368 g/mol. The highest BCUT2D eigenvalue weighted by Gasteiger charge is 2.19. The molecule has 0 saturated carbocycles. The van der Waals surface area contributed by atoms with Crippen molar-refractivity contribution in [2.24, 2.45) is 0 Å². The Kier molecular flexibility index (Phi) is 7.24. The van der Waals surface area contributed by atoms with Gasteiger partial charge in [-0.05, 0) is 51.3 Å². The number of rotatable bonds is 8. The lowest BCUT2D eigenvalue weighted by Gasteiger charge is -2.36. The Hall–Kier alpha value is -2.87. The molecule has 0 spiro atoms. The van der Waals surface area contributed by atoms with Crippen LogP contribution in [0.4, 0.5) is 11.6 Å². The molecule has 0 atom stereocenters. The van der Waals surface area contributed by atoms with Crippen molar-refractivity contribution in [3.8, 4) is 5.75 Å². The highest BCUT2D eigenvalue weighted by molar-refractivity contribution is 5.93. The molecule has 1 fully saturated rings. The van der Waals surface area contributed by atoms with E-state index in [1.54, 1.807) is 19.5 Å². The maximum atomic E-state index is 12.2. The van der Waals surface area contributed by atoms with Gasteiger partial charge in [-0.25, -0.2) is 9.97 Å². The number of benzene rings is 1. The van der Waals surface area contributed by atoms with Crippen molar-refractivity contribution in [1.29, 1.82) is 0 Å². The lowest BCUT2D eigenvalue weighted by Crippen LogP contribution is -2.47. The predicted octanol–water partition coefficient (Wildman–Crippen LogP) is 1.49. The van der Waals surface area contributed by atoms with E-state index in [2.05, 4.69) is 42.1 Å². The van der Waals surface area contributed by atoms with Crippen molar-refractivity contribution in [3.63, 3.8) is 0 Å². The molecule has 1 aromatic carbocycles. The molecule has 8 nitrogen and oxygen atoms in total. The van der Waals surface area contributed by atoms with Gasteiger partial charge < -0.3 is 24.8 Å². The van der Waals surface area contributed by atoms with Crippen molar-refractivity contribution in [2.45, 2.75) is 6.42 Å². The van der Waals surface area contributed by atoms with Crippen LogP contribution >= 0.6 is 0 Å². The quantitative estimate of drug-likeness (QED) is 0.676. The molecule has 1 aliphatic heterocycles. The molecule has 1 aromatic heterocycles. The van der Waals surface area contributed by atoms with Gasteiger partial charge >= 0.3 is 0 Å². The average Bonchev–Trinajstić information content (AvgIpc) is 2.77. The minimum Gasteiger partial charge on any atom is -0.497 e. The molecular formula is C21H30N6O2. The first-order chi connectivity index (χ1) is 14.1. The van der Waals surface area contributed by atoms with Gasteiger partial charge in [0, 0.05) is 50.8 Å². The third-order valence-electron chi connectivity index (χ3n) is 4.97. The van der Waals surface area contributed by atoms with Crippen LogP contribution in [0.1, 0.15) is 16.8 Å². The van der Waals surface area contributed by atoms with Crippen LogP contribution in [0.5, 0.6) is 5.75 Å². The summed E-state index contributed by atoms with van der Waals surface area (Å²) >= 11 is 0. The van der Waals surface area contributed by atoms with Crippen molar-refractivity contribution < 1.29 is 9.53 Å². The zero-order chi connectivity index (χ0) is 20.6. The number of piperazine rings is 1. The monoisotopic (exact) mass is 398 g/mol. The molecule has 0 unspecified atom stereocenters. The zero-order valence-electron chi connectivity index (χ0n) is 17.5. The summed E-state index contributed by atoms with van der Waals surface area (Å²) in [4.78, 5) is 27.6. The van der Waals surface area contributed by atoms with Gasteiger partial charge in [-0.15, -0.1) is 0 Å². The molecule has 2 heterocycles. The van der Waals surface area contributed by atoms with Crippen LogP contribution in [0.2, 0.25) is 0 Å². The fourth-order valence-electron chi connectivity index (χ4n) is 3.26. The van der Waals surface area contributed by atoms with Gasteiger partial charge in [0.15, 0.2) is 0 Å². The Morgan fingerprint density at radius 2 is 1.69 bits per heavy atom. The van der Waals surface area contributed by atoms with Crippen LogP contribution in [0.15, 0.2) is 36.7 Å². The second-order valence-corrected chi connectivity index (χ2v) is 7.36. The Morgan fingerprint density at radius 3 is 2.28 bits per heavy atom. The SMILES string of the molecule is COc1ccc(N2CCN(c3ncc(C(=O)NCCCN(C)C)cn3)CC2)cc1. The molecule has 156 valence electrons. The number of hydrogen-bond donors (Lipinski definition) is 1. The van der Waals surface area contributed by atoms with Crippen molar-refractivity contribution in [2.75, 3.05) is 70.3 Å². The molecule has 1 saturated heterocycles. The molecule has 3 rings (SSSR count). The fraction of sp³-hybridized carbons (Fsp3) is 0.476. The molecule has 0 radical (unpaired) electrons. The van der Waals surface area contributed by atoms with Gasteiger partial charge in [-0.1, -0.05) is 0 Å². The molecule has 29 heavy (non-hydrogen) atoms. The number of aromatic nitrogens is 2. The van der Waals surface area contributed by atoms with Crippen LogP contribution in [-0.4, -0.2) is 81.2 Å². The lowest BCUT2D eigenvalue weighted by molar-refractivity contribution is 0.0951. The number of nitrogens with one attached hydrogen (secondary N) is 1. The second kappa shape index (κ2) is 10.1. The molecule has 1 amide bonds. The summed E-state index contributed by atoms with van der Waals surface area (Å²) in [5.41, 5.74) is 1.68. The Bertz CT molecular complexity index is 771. The van der Waals surface area contributed by atoms with Gasteiger partial charge in [0.25, 0.3) is 5.91 Å². The first kappa shape index (κ1) is 20.9. The van der Waals surface area contributed by atoms with Crippen LogP contribution in [0, 0.1) is 0 Å². The standard InChI is InChI=1S/C21H30N6O2/c1-25(2)10-4-9-22-20(28)17-15-23-21(24-16-17)27-13-11-26(12-14-27)18-5-7-19(29-3)8-6-18/h5-8,15-16H,4,9-14H2,1-3H3,(H,22,28). The minimum absolute atomic E-state index is 0.125. The van der Waals surface area contributed by atoms with E-state index in [4.69, 9.17) is 4.74 Å². The van der Waals surface area contributed by atoms with Crippen LogP contribution in [0.25, 0.3) is 0 Å². The van der Waals surface area contributed by atoms with Gasteiger partial charge in [-0.3, -0.25) is 4.79 Å². The first-order valence-electron chi connectivity index (χ1n) is 9.96. The Labute approximate surface area is 172 Å². The molecule has 0 bridgehead atoms. The number of nitrogens with zero attached hydrogens (tertiary/aromatic N) is 5. The zero-order valence-corrected chi connectivity index (χ0v) is 17.5. The molecule has 1 aliphatic rings. The third kappa shape index (κ3) is 5.80. The number of anilines is 2. The van der Waals surface area contributed by atoms with E-state index in [1.165, 1.54) is 5.69 Å². The van der Waals surface area contributed by atoms with Gasteiger partial charge in [0.1, 0.15) is 5.75 Å². The molecule has 2 aromatic rings. The summed E-state index contributed by atoms with van der Waals surface area (Å²) in [5, 5.41) is 2.91. The maximum Gasteiger partial charge on any atom is 0.254 e. The second-order valence-electron chi connectivity index (χ2n) is 7.36. The number of carbonyl (C=O) groups is 1. The smallest absolute Gasteiger partial charge is 0.254 e. The summed E-state index contributed by atoms with van der Waals surface area (Å²) in [6.45, 7) is 5.04. The average molecular weight is 399 g/mol. The summed E-state index contributed by atoms with van der Waals surface area (Å²) in [7, 11) is 5.71. The highest BCUT2D eigenvalue weighted by atomic mass is 16.5. The lowest BCUT2D eigenvalue weighted by atomic mass is 10.2. The fourth-order valence-corrected chi connectivity index (χ4v) is 3.26. The Balaban J connectivity index is 1.48. The number of hydrogen-bond acceptors (Lipinski definition) is 7. The number of ether oxygens (including phenoxy) is 1. The highest BCUT2D eigenvalue weighted by Crippen LogP contribution is 2.21. The summed E-state index contributed by atoms with van der Waals surface area (Å²) in [5.74, 6) is 1.41. The minimum atomic E-state index is -0.125. The summed E-state index contributed by atoms with van der Waals surface area (Å²) in [6, 6.07) is 8.12. The molecule has 1 N–H and O–H groups in total. The van der Waals surface area contributed by atoms with E-state index in [1.807, 2.05) is 26.2 Å². The number of methoxy groups -OCH3 is 1. The predicted molar refractivity (Wildman–Crippen MR) is 115 cm³/mol. The van der Waals surface area contributed by atoms with Gasteiger partial charge in [-0.2, -0.15) is 0 Å².